The van der Waals surface area contributed by atoms with E-state index in [1.165, 1.54) is 0 Å². The Morgan fingerprint density at radius 2 is 2.25 bits per heavy atom. The number of ether oxygens (including phenoxy) is 1. The second kappa shape index (κ2) is 4.36. The second-order valence-electron chi connectivity index (χ2n) is 1.95. The Hall–Kier alpha value is -0.700. The van der Waals surface area contributed by atoms with Gasteiger partial charge in [-0.2, -0.15) is 13.1 Å². The zero-order valence-corrected chi connectivity index (χ0v) is 7.17. The van der Waals surface area contributed by atoms with Crippen molar-refractivity contribution in [3.05, 3.63) is 0 Å². The largest absolute Gasteiger partial charge is 0.468 e. The summed E-state index contributed by atoms with van der Waals surface area (Å²) in [5.74, 6) is -0.758. The quantitative estimate of drug-likeness (QED) is 0.351. The highest BCUT2D eigenvalue weighted by Crippen LogP contribution is 1.82. The summed E-state index contributed by atoms with van der Waals surface area (Å²) in [7, 11) is -3.18. The lowest BCUT2D eigenvalue weighted by molar-refractivity contribution is -0.141. The van der Waals surface area contributed by atoms with Gasteiger partial charge in [-0.05, 0) is 0 Å². The molecule has 12 heavy (non-hydrogen) atoms. The Bertz CT molecular complexity index is 248. The van der Waals surface area contributed by atoms with Crippen molar-refractivity contribution in [1.29, 1.82) is 0 Å². The van der Waals surface area contributed by atoms with E-state index in [0.717, 1.165) is 7.11 Å². The van der Waals surface area contributed by atoms with Crippen molar-refractivity contribution < 1.29 is 22.5 Å². The number of nitrogens with two attached hydrogens (primary N) is 1. The van der Waals surface area contributed by atoms with Gasteiger partial charge in [0.05, 0.1) is 7.11 Å². The van der Waals surface area contributed by atoms with E-state index >= 15 is 0 Å². The third-order valence-corrected chi connectivity index (χ3v) is 1.52. The van der Waals surface area contributed by atoms with E-state index in [0.29, 0.717) is 0 Å². The predicted octanol–water partition coefficient (Wildman–Crippen LogP) is -2.12. The summed E-state index contributed by atoms with van der Waals surface area (Å²) in [5.41, 5.74) is 5.12. The van der Waals surface area contributed by atoms with Gasteiger partial charge in [0.25, 0.3) is 0 Å². The highest BCUT2D eigenvalue weighted by molar-refractivity contribution is 7.83. The number of rotatable bonds is 4. The number of carbonyl (C=O) groups is 1. The van der Waals surface area contributed by atoms with Crippen molar-refractivity contribution in [2.45, 2.75) is 6.04 Å². The molecule has 0 aromatic carbocycles. The molecule has 0 heterocycles. The van der Waals surface area contributed by atoms with Crippen LogP contribution in [-0.4, -0.2) is 38.6 Å². The van der Waals surface area contributed by atoms with Gasteiger partial charge in [-0.3, -0.25) is 9.35 Å². The van der Waals surface area contributed by atoms with Crippen molar-refractivity contribution in [3.63, 3.8) is 0 Å². The molecule has 7 nitrogen and oxygen atoms in total. The summed E-state index contributed by atoms with van der Waals surface area (Å²) in [6, 6.07) is -1.11. The van der Waals surface area contributed by atoms with Crippen LogP contribution in [0.4, 0.5) is 0 Å². The summed E-state index contributed by atoms with van der Waals surface area (Å²) in [4.78, 5) is 10.6. The fraction of sp³-hybridized carbons (Fsp3) is 0.750. The Morgan fingerprint density at radius 1 is 1.75 bits per heavy atom. The van der Waals surface area contributed by atoms with Crippen LogP contribution in [0.3, 0.4) is 0 Å². The minimum absolute atomic E-state index is 0.397. The average molecular weight is 198 g/mol. The molecule has 0 aliphatic carbocycles. The zero-order valence-electron chi connectivity index (χ0n) is 6.35. The van der Waals surface area contributed by atoms with Gasteiger partial charge in [0.1, 0.15) is 6.04 Å². The maximum Gasteiger partial charge on any atom is 0.333 e. The smallest absolute Gasteiger partial charge is 0.333 e. The fourth-order valence-electron chi connectivity index (χ4n) is 0.430. The lowest BCUT2D eigenvalue weighted by Gasteiger charge is -2.07. The lowest BCUT2D eigenvalue weighted by Crippen LogP contribution is -2.42. The maximum atomic E-state index is 10.6. The number of carbonyl (C=O) groups excluding carboxylic acids is 1. The predicted molar refractivity (Wildman–Crippen MR) is 39.5 cm³/mol. The highest BCUT2D eigenvalue weighted by atomic mass is 32.2. The molecule has 8 heteroatoms. The Kier molecular flexibility index (Phi) is 4.10. The van der Waals surface area contributed by atoms with Gasteiger partial charge in [0.2, 0.25) is 0 Å². The van der Waals surface area contributed by atoms with Gasteiger partial charge in [0.15, 0.2) is 0 Å². The van der Waals surface area contributed by atoms with Crippen LogP contribution >= 0.6 is 0 Å². The lowest BCUT2D eigenvalue weighted by atomic mass is 10.3. The Morgan fingerprint density at radius 3 is 2.58 bits per heavy atom. The van der Waals surface area contributed by atoms with E-state index in [1.54, 1.807) is 4.72 Å². The molecular weight excluding hydrogens is 188 g/mol. The summed E-state index contributed by atoms with van der Waals surface area (Å²) >= 11 is 0. The van der Waals surface area contributed by atoms with Gasteiger partial charge < -0.3 is 10.5 Å². The van der Waals surface area contributed by atoms with Gasteiger partial charge in [0, 0.05) is 6.54 Å². The van der Waals surface area contributed by atoms with E-state index in [4.69, 9.17) is 10.3 Å². The van der Waals surface area contributed by atoms with E-state index < -0.39 is 28.9 Å². The van der Waals surface area contributed by atoms with Gasteiger partial charge in [-0.1, -0.05) is 0 Å². The van der Waals surface area contributed by atoms with Crippen LogP contribution in [0.15, 0.2) is 0 Å². The second-order valence-corrected chi connectivity index (χ2v) is 3.19. The van der Waals surface area contributed by atoms with Crippen LogP contribution in [0.1, 0.15) is 0 Å². The van der Waals surface area contributed by atoms with Crippen molar-refractivity contribution in [1.82, 2.24) is 4.72 Å². The first-order valence-corrected chi connectivity index (χ1v) is 4.36. The summed E-state index contributed by atoms with van der Waals surface area (Å²) < 4.78 is 34.2. The van der Waals surface area contributed by atoms with E-state index in [9.17, 15) is 13.2 Å². The van der Waals surface area contributed by atoms with Crippen LogP contribution in [-0.2, 0) is 19.8 Å². The molecule has 0 saturated carbocycles. The van der Waals surface area contributed by atoms with Crippen LogP contribution in [0, 0.1) is 0 Å². The highest BCUT2D eigenvalue weighted by Gasteiger charge is 2.15. The molecule has 4 N–H and O–H groups in total. The Labute approximate surface area is 69.8 Å². The fourth-order valence-corrected chi connectivity index (χ4v) is 0.820. The minimum atomic E-state index is -4.30. The van der Waals surface area contributed by atoms with E-state index in [2.05, 4.69) is 4.74 Å². The third-order valence-electron chi connectivity index (χ3n) is 0.990. The number of methoxy groups -OCH3 is 1. The first-order valence-electron chi connectivity index (χ1n) is 2.92. The van der Waals surface area contributed by atoms with Gasteiger partial charge in [-0.25, -0.2) is 0 Å². The van der Waals surface area contributed by atoms with Gasteiger partial charge >= 0.3 is 16.3 Å². The molecule has 1 unspecified atom stereocenters. The normalized spacial score (nSPS) is 13.9. The SMILES string of the molecule is COC(=O)C(N)CNS(=O)(=O)O. The summed E-state index contributed by atoms with van der Waals surface area (Å²) in [5, 5.41) is 0. The van der Waals surface area contributed by atoms with Crippen LogP contribution in [0.5, 0.6) is 0 Å². The van der Waals surface area contributed by atoms with Crippen LogP contribution in [0.25, 0.3) is 0 Å². The average Bonchev–Trinajstić information content (AvgIpc) is 1.97. The van der Waals surface area contributed by atoms with Crippen molar-refractivity contribution in [3.8, 4) is 0 Å². The number of hydrogen-bond acceptors (Lipinski definition) is 5. The zero-order chi connectivity index (χ0) is 9.78. The maximum absolute atomic E-state index is 10.6. The molecule has 0 rings (SSSR count). The van der Waals surface area contributed by atoms with Crippen molar-refractivity contribution in [2.24, 2.45) is 5.73 Å². The number of esters is 1. The Balaban J connectivity index is 3.88. The third kappa shape index (κ3) is 5.02. The van der Waals surface area contributed by atoms with Crippen molar-refractivity contribution in [2.75, 3.05) is 13.7 Å². The number of hydrogen-bond donors (Lipinski definition) is 3. The molecular formula is C4H10N2O5S. The van der Waals surface area contributed by atoms with Gasteiger partial charge in [-0.15, -0.1) is 0 Å². The molecule has 0 aliphatic rings. The molecule has 0 amide bonds. The van der Waals surface area contributed by atoms with Crippen LogP contribution < -0.4 is 10.5 Å². The molecule has 0 aromatic rings. The molecule has 72 valence electrons. The van der Waals surface area contributed by atoms with E-state index in [1.807, 2.05) is 0 Å². The first-order chi connectivity index (χ1) is 5.37. The van der Waals surface area contributed by atoms with Crippen LogP contribution in [0.2, 0.25) is 0 Å². The monoisotopic (exact) mass is 198 g/mol. The van der Waals surface area contributed by atoms with Crippen molar-refractivity contribution >= 4 is 16.3 Å². The van der Waals surface area contributed by atoms with E-state index in [-0.39, 0.29) is 0 Å². The molecule has 0 radical (unpaired) electrons. The topological polar surface area (TPSA) is 119 Å². The minimum Gasteiger partial charge on any atom is -0.468 e. The molecule has 0 fully saturated rings. The summed E-state index contributed by atoms with van der Waals surface area (Å²) in [6.07, 6.45) is 0. The standard InChI is InChI=1S/C4H10N2O5S/c1-11-4(7)3(5)2-6-12(8,9)10/h3,6H,2,5H2,1H3,(H,8,9,10). The molecule has 0 saturated heterocycles. The first kappa shape index (κ1) is 11.3. The molecule has 0 bridgehead atoms. The molecule has 1 atom stereocenters. The number of nitrogens with one attached hydrogen (secondary N) is 1. The molecule has 0 aromatic heterocycles. The molecule has 0 spiro atoms. The summed E-state index contributed by atoms with van der Waals surface area (Å²) in [6.45, 7) is -0.397. The molecule has 0 aliphatic heterocycles.